The van der Waals surface area contributed by atoms with E-state index >= 15 is 0 Å². The van der Waals surface area contributed by atoms with Crippen LogP contribution < -0.4 is 0 Å². The molecule has 0 radical (unpaired) electrons. The maximum atomic E-state index is 12.0. The molecule has 2 amide bonds. The zero-order chi connectivity index (χ0) is 13.8. The van der Waals surface area contributed by atoms with Gasteiger partial charge in [-0.15, -0.1) is 0 Å². The number of nitrogens with zero attached hydrogens (tertiary/aromatic N) is 2. The molecule has 8 heteroatoms. The number of carbonyl (C=O) groups is 2. The van der Waals surface area contributed by atoms with Crippen molar-refractivity contribution in [1.29, 1.82) is 0 Å². The summed E-state index contributed by atoms with van der Waals surface area (Å²) in [7, 11) is 0.982. The number of alkyl halides is 3. The molecule has 0 spiro atoms. The molecule has 0 heterocycles. The van der Waals surface area contributed by atoms with Gasteiger partial charge in [-0.3, -0.25) is 4.79 Å². The number of carboxylic acid groups (broad SMARTS) is 1. The lowest BCUT2D eigenvalue weighted by atomic mass is 10.3. The molecule has 0 unspecified atom stereocenters. The third kappa shape index (κ3) is 4.92. The minimum absolute atomic E-state index is 0.161. The molecule has 1 N–H and O–H groups in total. The van der Waals surface area contributed by atoms with Crippen LogP contribution in [0.4, 0.5) is 18.0 Å². The fraction of sp³-hybridized carbons (Fsp3) is 0.778. The van der Waals surface area contributed by atoms with Gasteiger partial charge in [-0.2, -0.15) is 13.2 Å². The van der Waals surface area contributed by atoms with Gasteiger partial charge in [-0.05, 0) is 13.8 Å². The number of halogens is 3. The average Bonchev–Trinajstić information content (AvgIpc) is 2.13. The van der Waals surface area contributed by atoms with Crippen LogP contribution in [0.3, 0.4) is 0 Å². The van der Waals surface area contributed by atoms with Crippen LogP contribution >= 0.6 is 0 Å². The monoisotopic (exact) mass is 256 g/mol. The first-order valence-electron chi connectivity index (χ1n) is 4.89. The maximum Gasteiger partial charge on any atom is 0.471 e. The Kier molecular flexibility index (Phi) is 5.24. The minimum atomic E-state index is -4.93. The number of hydrogen-bond acceptors (Lipinski definition) is 2. The van der Waals surface area contributed by atoms with Crippen molar-refractivity contribution in [2.24, 2.45) is 0 Å². The van der Waals surface area contributed by atoms with Gasteiger partial charge < -0.3 is 14.9 Å². The fourth-order valence-corrected chi connectivity index (χ4v) is 1.15. The Morgan fingerprint density at radius 1 is 1.24 bits per heavy atom. The first kappa shape index (κ1) is 15.5. The third-order valence-corrected chi connectivity index (χ3v) is 2.13. The van der Waals surface area contributed by atoms with Crippen LogP contribution in [0.15, 0.2) is 0 Å². The number of hydrogen-bond donors (Lipinski definition) is 1. The Bertz CT molecular complexity index is 292. The van der Waals surface area contributed by atoms with E-state index in [-0.39, 0.29) is 19.1 Å². The first-order valence-corrected chi connectivity index (χ1v) is 4.89. The summed E-state index contributed by atoms with van der Waals surface area (Å²) in [6.45, 7) is 2.73. The highest BCUT2D eigenvalue weighted by molar-refractivity contribution is 5.81. The molecule has 0 aromatic heterocycles. The lowest BCUT2D eigenvalue weighted by molar-refractivity contribution is -0.184. The van der Waals surface area contributed by atoms with Crippen LogP contribution in [0.2, 0.25) is 0 Å². The molecule has 100 valence electrons. The van der Waals surface area contributed by atoms with Crippen LogP contribution in [0, 0.1) is 0 Å². The van der Waals surface area contributed by atoms with E-state index in [1.807, 2.05) is 0 Å². The highest BCUT2D eigenvalue weighted by atomic mass is 19.4. The summed E-state index contributed by atoms with van der Waals surface area (Å²) in [6, 6.07) is -0.359. The van der Waals surface area contributed by atoms with Gasteiger partial charge in [0.25, 0.3) is 0 Å². The molecule has 0 atom stereocenters. The molecule has 0 aliphatic carbocycles. The zero-order valence-electron chi connectivity index (χ0n) is 9.78. The Morgan fingerprint density at radius 3 is 2.00 bits per heavy atom. The van der Waals surface area contributed by atoms with E-state index in [0.717, 1.165) is 11.9 Å². The van der Waals surface area contributed by atoms with Crippen molar-refractivity contribution in [3.63, 3.8) is 0 Å². The van der Waals surface area contributed by atoms with E-state index < -0.39 is 18.2 Å². The second-order valence-corrected chi connectivity index (χ2v) is 3.79. The lowest BCUT2D eigenvalue weighted by Gasteiger charge is -2.26. The molecular formula is C9H15F3N2O3. The molecule has 0 aromatic carbocycles. The van der Waals surface area contributed by atoms with Gasteiger partial charge in [-0.1, -0.05) is 0 Å². The van der Waals surface area contributed by atoms with E-state index in [9.17, 15) is 22.8 Å². The SMILES string of the molecule is CC(C)N(CCN(C)C(=O)C(F)(F)F)C(=O)O. The normalized spacial score (nSPS) is 11.5. The zero-order valence-corrected chi connectivity index (χ0v) is 9.78. The van der Waals surface area contributed by atoms with Crippen LogP contribution in [-0.4, -0.2) is 59.3 Å². The highest BCUT2D eigenvalue weighted by Gasteiger charge is 2.41. The van der Waals surface area contributed by atoms with Crippen molar-refractivity contribution in [3.8, 4) is 0 Å². The summed E-state index contributed by atoms with van der Waals surface area (Å²) in [5.41, 5.74) is 0. The topological polar surface area (TPSA) is 60.9 Å². The largest absolute Gasteiger partial charge is 0.471 e. The molecular weight excluding hydrogens is 241 g/mol. The van der Waals surface area contributed by atoms with Gasteiger partial charge in [0.15, 0.2) is 0 Å². The Balaban J connectivity index is 4.37. The molecule has 0 aromatic rings. The average molecular weight is 256 g/mol. The van der Waals surface area contributed by atoms with Crippen LogP contribution in [0.5, 0.6) is 0 Å². The summed E-state index contributed by atoms with van der Waals surface area (Å²) in [4.78, 5) is 22.9. The first-order chi connectivity index (χ1) is 7.57. The quantitative estimate of drug-likeness (QED) is 0.827. The minimum Gasteiger partial charge on any atom is -0.465 e. The standard InChI is InChI=1S/C9H15F3N2O3/c1-6(2)14(8(16)17)5-4-13(3)7(15)9(10,11)12/h6H,4-5H2,1-3H3,(H,16,17). The van der Waals surface area contributed by atoms with Crippen molar-refractivity contribution < 1.29 is 27.9 Å². The van der Waals surface area contributed by atoms with Crippen LogP contribution in [-0.2, 0) is 4.79 Å². The van der Waals surface area contributed by atoms with Crippen molar-refractivity contribution in [2.45, 2.75) is 26.1 Å². The second kappa shape index (κ2) is 5.74. The smallest absolute Gasteiger partial charge is 0.465 e. The predicted octanol–water partition coefficient (Wildman–Crippen LogP) is 1.40. The molecule has 0 aliphatic heterocycles. The third-order valence-electron chi connectivity index (χ3n) is 2.13. The molecule has 0 fully saturated rings. The highest BCUT2D eigenvalue weighted by Crippen LogP contribution is 2.17. The Labute approximate surface area is 96.8 Å². The van der Waals surface area contributed by atoms with Crippen molar-refractivity contribution in [3.05, 3.63) is 0 Å². The van der Waals surface area contributed by atoms with Gasteiger partial charge >= 0.3 is 18.2 Å². The summed E-state index contributed by atoms with van der Waals surface area (Å²) < 4.78 is 36.1. The number of carbonyl (C=O) groups excluding carboxylic acids is 1. The van der Waals surface area contributed by atoms with E-state index in [4.69, 9.17) is 5.11 Å². The van der Waals surface area contributed by atoms with Gasteiger partial charge in [0.05, 0.1) is 0 Å². The van der Waals surface area contributed by atoms with Crippen LogP contribution in [0.1, 0.15) is 13.8 Å². The number of likely N-dealkylation sites (N-methyl/N-ethyl adjacent to an activating group) is 1. The lowest BCUT2D eigenvalue weighted by Crippen LogP contribution is -2.45. The van der Waals surface area contributed by atoms with E-state index in [0.29, 0.717) is 4.90 Å². The second-order valence-electron chi connectivity index (χ2n) is 3.79. The number of rotatable bonds is 4. The van der Waals surface area contributed by atoms with Crippen molar-refractivity contribution in [1.82, 2.24) is 9.80 Å². The summed E-state index contributed by atoms with van der Waals surface area (Å²) >= 11 is 0. The predicted molar refractivity (Wildman–Crippen MR) is 53.6 cm³/mol. The Hall–Kier alpha value is -1.47. The van der Waals surface area contributed by atoms with E-state index in [1.54, 1.807) is 13.8 Å². The maximum absolute atomic E-state index is 12.0. The van der Waals surface area contributed by atoms with Crippen molar-refractivity contribution >= 4 is 12.0 Å². The summed E-state index contributed by atoms with van der Waals surface area (Å²) in [5.74, 6) is -1.98. The summed E-state index contributed by atoms with van der Waals surface area (Å²) in [6.07, 6.45) is -6.16. The molecule has 17 heavy (non-hydrogen) atoms. The molecule has 0 rings (SSSR count). The van der Waals surface area contributed by atoms with E-state index in [1.165, 1.54) is 0 Å². The molecule has 5 nitrogen and oxygen atoms in total. The fourth-order valence-electron chi connectivity index (χ4n) is 1.15. The number of amides is 2. The molecule has 0 saturated heterocycles. The molecule has 0 saturated carbocycles. The van der Waals surface area contributed by atoms with Gasteiger partial charge in [-0.25, -0.2) is 4.79 Å². The summed E-state index contributed by atoms with van der Waals surface area (Å²) in [5, 5.41) is 8.76. The van der Waals surface area contributed by atoms with Gasteiger partial charge in [0.1, 0.15) is 0 Å². The molecule has 0 bridgehead atoms. The van der Waals surface area contributed by atoms with Gasteiger partial charge in [0.2, 0.25) is 0 Å². The van der Waals surface area contributed by atoms with Gasteiger partial charge in [0, 0.05) is 26.2 Å². The van der Waals surface area contributed by atoms with E-state index in [2.05, 4.69) is 0 Å². The van der Waals surface area contributed by atoms with Crippen LogP contribution in [0.25, 0.3) is 0 Å². The Morgan fingerprint density at radius 2 is 1.71 bits per heavy atom. The molecule has 0 aliphatic rings. The van der Waals surface area contributed by atoms with Crippen molar-refractivity contribution in [2.75, 3.05) is 20.1 Å².